The van der Waals surface area contributed by atoms with E-state index in [1.54, 1.807) is 11.6 Å². The molecule has 174 valence electrons. The van der Waals surface area contributed by atoms with Gasteiger partial charge in [-0.05, 0) is 30.8 Å². The molecule has 1 heterocycles. The van der Waals surface area contributed by atoms with E-state index < -0.39 is 10.8 Å². The quantitative estimate of drug-likeness (QED) is 0.319. The van der Waals surface area contributed by atoms with E-state index in [2.05, 4.69) is 29.0 Å². The number of thiazole rings is 1. The molecular formula is C23H26N4O5S. The van der Waals surface area contributed by atoms with Crippen LogP contribution in [0.5, 0.6) is 11.5 Å². The van der Waals surface area contributed by atoms with Crippen molar-refractivity contribution >= 4 is 28.6 Å². The second-order valence-electron chi connectivity index (χ2n) is 7.16. The van der Waals surface area contributed by atoms with Crippen molar-refractivity contribution in [3.05, 3.63) is 74.2 Å². The minimum absolute atomic E-state index is 0.119. The highest BCUT2D eigenvalue weighted by atomic mass is 32.1. The minimum atomic E-state index is -0.610. The second-order valence-corrected chi connectivity index (χ2v) is 7.88. The lowest BCUT2D eigenvalue weighted by Crippen LogP contribution is -2.22. The molecule has 1 N–H and O–H groups in total. The number of carbonyl (C=O) groups is 1. The molecule has 0 saturated carbocycles. The summed E-state index contributed by atoms with van der Waals surface area (Å²) in [5.74, 6) is -0.225. The summed E-state index contributed by atoms with van der Waals surface area (Å²) in [7, 11) is 1.41. The van der Waals surface area contributed by atoms with Crippen molar-refractivity contribution in [2.75, 3.05) is 25.5 Å². The van der Waals surface area contributed by atoms with Crippen LogP contribution < -0.4 is 14.8 Å². The van der Waals surface area contributed by atoms with Gasteiger partial charge in [-0.2, -0.15) is 0 Å². The van der Waals surface area contributed by atoms with Gasteiger partial charge in [0.05, 0.1) is 29.3 Å². The molecule has 9 nitrogen and oxygen atoms in total. The molecule has 3 aromatic rings. The smallest absolute Gasteiger partial charge is 0.286 e. The zero-order valence-electron chi connectivity index (χ0n) is 18.7. The van der Waals surface area contributed by atoms with Crippen molar-refractivity contribution in [3.63, 3.8) is 0 Å². The van der Waals surface area contributed by atoms with Gasteiger partial charge in [0.15, 0.2) is 11.5 Å². The number of nitro benzene ring substituents is 1. The zero-order chi connectivity index (χ0) is 23.8. The van der Waals surface area contributed by atoms with Crippen LogP contribution in [0, 0.1) is 10.1 Å². The van der Waals surface area contributed by atoms with E-state index in [9.17, 15) is 14.9 Å². The summed E-state index contributed by atoms with van der Waals surface area (Å²) in [5, 5.41) is 16.3. The molecule has 0 bridgehead atoms. The van der Waals surface area contributed by atoms with E-state index in [1.165, 1.54) is 30.6 Å². The molecule has 0 fully saturated rings. The number of nitro groups is 1. The fourth-order valence-electron chi connectivity index (χ4n) is 3.27. The maximum absolute atomic E-state index is 13.0. The number of methoxy groups -OCH3 is 1. The molecule has 3 rings (SSSR count). The molecule has 1 aromatic heterocycles. The molecule has 0 atom stereocenters. The number of ether oxygens (including phenoxy) is 2. The Morgan fingerprint density at radius 2 is 2.00 bits per heavy atom. The molecule has 33 heavy (non-hydrogen) atoms. The number of aromatic nitrogens is 1. The third-order valence-corrected chi connectivity index (χ3v) is 5.70. The number of nitrogens with one attached hydrogen (secondary N) is 1. The van der Waals surface area contributed by atoms with Gasteiger partial charge in [0.25, 0.3) is 11.6 Å². The van der Waals surface area contributed by atoms with Gasteiger partial charge >= 0.3 is 0 Å². The number of hydrogen-bond acceptors (Lipinski definition) is 8. The third-order valence-electron chi connectivity index (χ3n) is 5.07. The molecule has 0 spiro atoms. The van der Waals surface area contributed by atoms with Gasteiger partial charge in [0.2, 0.25) is 0 Å². The predicted octanol–water partition coefficient (Wildman–Crippen LogP) is 4.73. The van der Waals surface area contributed by atoms with Gasteiger partial charge in [-0.1, -0.05) is 26.0 Å². The number of benzene rings is 2. The normalized spacial score (nSPS) is 10.8. The lowest BCUT2D eigenvalue weighted by molar-refractivity contribution is -0.385. The Morgan fingerprint density at radius 1 is 1.21 bits per heavy atom. The number of carbonyl (C=O) groups excluding carboxylic acids is 1. The predicted molar refractivity (Wildman–Crippen MR) is 127 cm³/mol. The van der Waals surface area contributed by atoms with Crippen LogP contribution >= 0.6 is 11.3 Å². The lowest BCUT2D eigenvalue weighted by Gasteiger charge is -2.18. The van der Waals surface area contributed by atoms with Gasteiger partial charge in [-0.25, -0.2) is 4.98 Å². The first kappa shape index (κ1) is 24.1. The van der Waals surface area contributed by atoms with Gasteiger partial charge in [-0.3, -0.25) is 19.8 Å². The van der Waals surface area contributed by atoms with E-state index in [-0.39, 0.29) is 29.4 Å². The fraction of sp³-hybridized carbons (Fsp3) is 0.304. The summed E-state index contributed by atoms with van der Waals surface area (Å²) in [6.45, 7) is 6.88. The van der Waals surface area contributed by atoms with Crippen molar-refractivity contribution in [2.45, 2.75) is 27.0 Å². The molecule has 1 amide bonds. The first-order chi connectivity index (χ1) is 15.9. The molecule has 0 radical (unpaired) electrons. The summed E-state index contributed by atoms with van der Waals surface area (Å²) >= 11 is 1.42. The minimum Gasteiger partial charge on any atom is -0.493 e. The Morgan fingerprint density at radius 3 is 2.64 bits per heavy atom. The first-order valence-corrected chi connectivity index (χ1v) is 11.4. The molecule has 0 saturated heterocycles. The maximum atomic E-state index is 13.0. The fourth-order valence-corrected chi connectivity index (χ4v) is 3.81. The Balaban J connectivity index is 1.84. The van der Waals surface area contributed by atoms with Crippen LogP contribution in [0.4, 0.5) is 11.4 Å². The van der Waals surface area contributed by atoms with Crippen LogP contribution in [0.3, 0.4) is 0 Å². The highest BCUT2D eigenvalue weighted by Crippen LogP contribution is 2.35. The Kier molecular flexibility index (Phi) is 8.34. The maximum Gasteiger partial charge on any atom is 0.286 e. The van der Waals surface area contributed by atoms with Crippen molar-refractivity contribution in [1.29, 1.82) is 0 Å². The van der Waals surface area contributed by atoms with Gasteiger partial charge in [0.1, 0.15) is 12.2 Å². The summed E-state index contributed by atoms with van der Waals surface area (Å²) in [4.78, 5) is 30.5. The van der Waals surface area contributed by atoms with Crippen molar-refractivity contribution in [3.8, 4) is 11.5 Å². The molecule has 0 unspecified atom stereocenters. The topological polar surface area (TPSA) is 107 Å². The largest absolute Gasteiger partial charge is 0.493 e. The van der Waals surface area contributed by atoms with Crippen LogP contribution in [-0.4, -0.2) is 40.9 Å². The number of hydrogen-bond donors (Lipinski definition) is 1. The van der Waals surface area contributed by atoms with Crippen LogP contribution in [0.2, 0.25) is 0 Å². The monoisotopic (exact) mass is 470 g/mol. The third kappa shape index (κ3) is 6.27. The second kappa shape index (κ2) is 11.4. The van der Waals surface area contributed by atoms with Gasteiger partial charge in [0, 0.05) is 23.7 Å². The summed E-state index contributed by atoms with van der Waals surface area (Å²) in [5.41, 5.74) is 3.46. The Bertz CT molecular complexity index is 1100. The van der Waals surface area contributed by atoms with Gasteiger partial charge < -0.3 is 14.8 Å². The van der Waals surface area contributed by atoms with Crippen LogP contribution in [0.1, 0.15) is 35.5 Å². The van der Waals surface area contributed by atoms with Crippen LogP contribution in [0.25, 0.3) is 0 Å². The molecule has 0 aliphatic rings. The van der Waals surface area contributed by atoms with Crippen molar-refractivity contribution in [1.82, 2.24) is 9.88 Å². The van der Waals surface area contributed by atoms with E-state index in [4.69, 9.17) is 9.47 Å². The van der Waals surface area contributed by atoms with Crippen LogP contribution in [-0.2, 0) is 13.2 Å². The average Bonchev–Trinajstić information content (AvgIpc) is 3.34. The van der Waals surface area contributed by atoms with E-state index in [0.29, 0.717) is 11.4 Å². The van der Waals surface area contributed by atoms with Gasteiger partial charge in [-0.15, -0.1) is 11.3 Å². The van der Waals surface area contributed by atoms with Crippen molar-refractivity contribution < 1.29 is 19.2 Å². The number of rotatable bonds is 11. The Hall–Kier alpha value is -3.50. The number of amides is 1. The average molecular weight is 471 g/mol. The molecular weight excluding hydrogens is 444 g/mol. The molecule has 2 aromatic carbocycles. The summed E-state index contributed by atoms with van der Waals surface area (Å²) < 4.78 is 11.0. The van der Waals surface area contributed by atoms with E-state index >= 15 is 0 Å². The van der Waals surface area contributed by atoms with Crippen LogP contribution in [0.15, 0.2) is 47.3 Å². The molecule has 0 aliphatic heterocycles. The highest BCUT2D eigenvalue weighted by Gasteiger charge is 2.25. The molecule has 0 aliphatic carbocycles. The number of nitrogens with zero attached hydrogens (tertiary/aromatic N) is 3. The summed E-state index contributed by atoms with van der Waals surface area (Å²) in [6, 6.07) is 9.97. The standard InChI is InChI=1S/C23H26N4O5S/c1-4-26(5-2)12-16-7-6-8-17(9-16)25-23(28)19-10-21(31-3)22(11-20(19)27(29)30)32-13-18-14-33-15-24-18/h6-11,14-15H,4-5,12-13H2,1-3H3,(H,25,28). The van der Waals surface area contributed by atoms with Crippen molar-refractivity contribution in [2.24, 2.45) is 0 Å². The SMILES string of the molecule is CCN(CC)Cc1cccc(NC(=O)c2cc(OC)c(OCc3cscn3)cc2[N+](=O)[O-])c1. The highest BCUT2D eigenvalue weighted by molar-refractivity contribution is 7.07. The number of anilines is 1. The van der Waals surface area contributed by atoms with E-state index in [1.807, 2.05) is 23.6 Å². The summed E-state index contributed by atoms with van der Waals surface area (Å²) in [6.07, 6.45) is 0. The van der Waals surface area contributed by atoms with E-state index in [0.717, 1.165) is 25.2 Å². The first-order valence-electron chi connectivity index (χ1n) is 10.4. The zero-order valence-corrected chi connectivity index (χ0v) is 19.6. The molecule has 10 heteroatoms. The lowest BCUT2D eigenvalue weighted by atomic mass is 10.1. The Labute approximate surface area is 196 Å².